The summed E-state index contributed by atoms with van der Waals surface area (Å²) in [4.78, 5) is 0. The summed E-state index contributed by atoms with van der Waals surface area (Å²) in [5, 5.41) is 3.47. The highest BCUT2D eigenvalue weighted by Crippen LogP contribution is 2.41. The van der Waals surface area contributed by atoms with Crippen molar-refractivity contribution in [1.29, 1.82) is 0 Å². The highest BCUT2D eigenvalue weighted by atomic mass is 16.7. The Morgan fingerprint density at radius 2 is 2.24 bits per heavy atom. The highest BCUT2D eigenvalue weighted by molar-refractivity contribution is 5.55. The monoisotopic (exact) mass is 289 g/mol. The van der Waals surface area contributed by atoms with Gasteiger partial charge in [-0.1, -0.05) is 0 Å². The molecule has 112 valence electrons. The number of methoxy groups -OCH3 is 1. The van der Waals surface area contributed by atoms with Crippen molar-refractivity contribution in [3.63, 3.8) is 0 Å². The van der Waals surface area contributed by atoms with E-state index in [2.05, 4.69) is 12.2 Å². The lowest BCUT2D eigenvalue weighted by Crippen LogP contribution is -2.27. The number of rotatable bonds is 6. The molecular weight excluding hydrogens is 270 g/mol. The van der Waals surface area contributed by atoms with Gasteiger partial charge in [-0.25, -0.2) is 0 Å². The Bertz CT molecular complexity index is 595. The first-order valence-electron chi connectivity index (χ1n) is 6.98. The Hall–Kier alpha value is -2.14. The molecule has 3 rings (SSSR count). The quantitative estimate of drug-likeness (QED) is 0.886. The van der Waals surface area contributed by atoms with Crippen LogP contribution in [0, 0.1) is 0 Å². The van der Waals surface area contributed by atoms with Gasteiger partial charge < -0.3 is 23.9 Å². The van der Waals surface area contributed by atoms with E-state index >= 15 is 0 Å². The molecule has 1 atom stereocenters. The first-order chi connectivity index (χ1) is 10.3. The number of fused-ring (bicyclic) bond motifs is 1. The number of benzene rings is 1. The molecular formula is C16H19NO4. The molecule has 0 fully saturated rings. The third kappa shape index (κ3) is 3.13. The zero-order valence-electron chi connectivity index (χ0n) is 12.2. The summed E-state index contributed by atoms with van der Waals surface area (Å²) in [5.41, 5.74) is 1.10. The van der Waals surface area contributed by atoms with E-state index in [9.17, 15) is 0 Å². The van der Waals surface area contributed by atoms with E-state index in [-0.39, 0.29) is 6.79 Å². The van der Waals surface area contributed by atoms with Crippen molar-refractivity contribution in [2.75, 3.05) is 13.9 Å². The van der Waals surface area contributed by atoms with Gasteiger partial charge in [-0.15, -0.1) is 0 Å². The second-order valence-electron chi connectivity index (χ2n) is 5.10. The second-order valence-corrected chi connectivity index (χ2v) is 5.10. The summed E-state index contributed by atoms with van der Waals surface area (Å²) in [6, 6.07) is 8.16. The molecule has 1 aromatic carbocycles. The molecule has 1 unspecified atom stereocenters. The molecule has 5 nitrogen and oxygen atoms in total. The minimum absolute atomic E-state index is 0.247. The van der Waals surface area contributed by atoms with Gasteiger partial charge in [0.15, 0.2) is 11.5 Å². The average molecular weight is 289 g/mol. The molecule has 0 radical (unpaired) electrons. The summed E-state index contributed by atoms with van der Waals surface area (Å²) in [5.74, 6) is 3.12. The van der Waals surface area contributed by atoms with E-state index < -0.39 is 0 Å². The summed E-state index contributed by atoms with van der Waals surface area (Å²) in [7, 11) is 1.63. The van der Waals surface area contributed by atoms with Gasteiger partial charge >= 0.3 is 0 Å². The Morgan fingerprint density at radius 1 is 1.33 bits per heavy atom. The predicted molar refractivity (Wildman–Crippen MR) is 77.8 cm³/mol. The molecule has 0 bridgehead atoms. The lowest BCUT2D eigenvalue weighted by molar-refractivity contribution is 0.171. The number of furan rings is 1. The Morgan fingerprint density at radius 3 is 3.00 bits per heavy atom. The zero-order chi connectivity index (χ0) is 14.7. The number of nitrogens with one attached hydrogen (secondary N) is 1. The van der Waals surface area contributed by atoms with Crippen LogP contribution in [0.3, 0.4) is 0 Å². The van der Waals surface area contributed by atoms with Crippen LogP contribution >= 0.6 is 0 Å². The smallest absolute Gasteiger partial charge is 0.231 e. The minimum Gasteiger partial charge on any atom is -0.493 e. The maximum absolute atomic E-state index is 5.43. The van der Waals surface area contributed by atoms with Crippen LogP contribution in [-0.4, -0.2) is 19.9 Å². The van der Waals surface area contributed by atoms with Crippen LogP contribution in [0.25, 0.3) is 0 Å². The van der Waals surface area contributed by atoms with E-state index in [1.807, 2.05) is 24.3 Å². The third-order valence-electron chi connectivity index (χ3n) is 3.46. The van der Waals surface area contributed by atoms with E-state index in [0.717, 1.165) is 30.0 Å². The van der Waals surface area contributed by atoms with Crippen LogP contribution in [0.4, 0.5) is 0 Å². The molecule has 1 N–H and O–H groups in total. The molecule has 0 saturated carbocycles. The van der Waals surface area contributed by atoms with Crippen LogP contribution in [0.5, 0.6) is 17.2 Å². The van der Waals surface area contributed by atoms with Gasteiger partial charge in [0.25, 0.3) is 0 Å². The van der Waals surface area contributed by atoms with E-state index in [0.29, 0.717) is 17.5 Å². The van der Waals surface area contributed by atoms with E-state index in [1.165, 1.54) is 0 Å². The highest BCUT2D eigenvalue weighted by Gasteiger charge is 2.20. The Balaban J connectivity index is 1.62. The van der Waals surface area contributed by atoms with Crippen LogP contribution in [-0.2, 0) is 13.0 Å². The van der Waals surface area contributed by atoms with Crippen molar-refractivity contribution in [2.45, 2.75) is 25.9 Å². The number of hydrogen-bond donors (Lipinski definition) is 1. The minimum atomic E-state index is 0.247. The van der Waals surface area contributed by atoms with Crippen LogP contribution in [0.15, 0.2) is 34.9 Å². The fourth-order valence-corrected chi connectivity index (χ4v) is 2.38. The maximum Gasteiger partial charge on any atom is 0.231 e. The first kappa shape index (κ1) is 13.8. The van der Waals surface area contributed by atoms with Crippen molar-refractivity contribution < 1.29 is 18.6 Å². The summed E-state index contributed by atoms with van der Waals surface area (Å²) < 4.78 is 21.5. The van der Waals surface area contributed by atoms with Gasteiger partial charge in [0.1, 0.15) is 5.76 Å². The molecule has 0 amide bonds. The largest absolute Gasteiger partial charge is 0.493 e. The first-order valence-corrected chi connectivity index (χ1v) is 6.98. The third-order valence-corrected chi connectivity index (χ3v) is 3.46. The Kier molecular flexibility index (Phi) is 4.01. The fourth-order valence-electron chi connectivity index (χ4n) is 2.38. The lowest BCUT2D eigenvalue weighted by Gasteiger charge is -2.14. The summed E-state index contributed by atoms with van der Waals surface area (Å²) in [6.07, 6.45) is 2.56. The molecule has 2 heterocycles. The maximum atomic E-state index is 5.43. The van der Waals surface area contributed by atoms with Gasteiger partial charge in [0.2, 0.25) is 12.5 Å². The van der Waals surface area contributed by atoms with E-state index in [4.69, 9.17) is 18.6 Å². The van der Waals surface area contributed by atoms with Crippen molar-refractivity contribution in [1.82, 2.24) is 5.32 Å². The average Bonchev–Trinajstić information content (AvgIpc) is 3.15. The van der Waals surface area contributed by atoms with Crippen molar-refractivity contribution in [3.05, 3.63) is 41.9 Å². The van der Waals surface area contributed by atoms with E-state index in [1.54, 1.807) is 13.4 Å². The summed E-state index contributed by atoms with van der Waals surface area (Å²) in [6.45, 7) is 3.11. The van der Waals surface area contributed by atoms with Crippen LogP contribution < -0.4 is 19.5 Å². The normalized spacial score (nSPS) is 14.2. The molecule has 21 heavy (non-hydrogen) atoms. The fraction of sp³-hybridized carbons (Fsp3) is 0.375. The molecule has 2 aromatic rings. The number of hydrogen-bond acceptors (Lipinski definition) is 5. The lowest BCUT2D eigenvalue weighted by atomic mass is 10.1. The molecule has 1 aliphatic rings. The molecule has 1 aliphatic heterocycles. The van der Waals surface area contributed by atoms with Crippen LogP contribution in [0.1, 0.15) is 18.2 Å². The zero-order valence-corrected chi connectivity index (χ0v) is 12.2. The van der Waals surface area contributed by atoms with Crippen molar-refractivity contribution in [3.8, 4) is 17.2 Å². The topological polar surface area (TPSA) is 52.9 Å². The van der Waals surface area contributed by atoms with Crippen molar-refractivity contribution in [2.24, 2.45) is 0 Å². The van der Waals surface area contributed by atoms with Gasteiger partial charge in [0, 0.05) is 19.0 Å². The number of ether oxygens (including phenoxy) is 3. The molecule has 1 aromatic heterocycles. The molecule has 0 aliphatic carbocycles. The van der Waals surface area contributed by atoms with Crippen LogP contribution in [0.2, 0.25) is 0 Å². The molecule has 5 heteroatoms. The van der Waals surface area contributed by atoms with Gasteiger partial charge in [-0.05, 0) is 36.8 Å². The summed E-state index contributed by atoms with van der Waals surface area (Å²) >= 11 is 0. The predicted octanol–water partition coefficient (Wildman–Crippen LogP) is 2.74. The Labute approximate surface area is 123 Å². The second kappa shape index (κ2) is 6.10. The SMILES string of the molecule is COc1cc(CNC(C)Cc2ccco2)cc2c1OCO2. The van der Waals surface area contributed by atoms with Gasteiger partial charge in [0.05, 0.1) is 13.4 Å². The molecule has 0 saturated heterocycles. The van der Waals surface area contributed by atoms with Gasteiger partial charge in [-0.2, -0.15) is 0 Å². The molecule has 0 spiro atoms. The van der Waals surface area contributed by atoms with Gasteiger partial charge in [-0.3, -0.25) is 0 Å². The standard InChI is InChI=1S/C16H19NO4/c1-11(6-13-4-3-5-19-13)17-9-12-7-14(18-2)16-15(8-12)20-10-21-16/h3-5,7-8,11,17H,6,9-10H2,1-2H3. The van der Waals surface area contributed by atoms with Crippen molar-refractivity contribution >= 4 is 0 Å².